The fourth-order valence-electron chi connectivity index (χ4n) is 2.69. The Morgan fingerprint density at radius 1 is 1.00 bits per heavy atom. The standard InChI is InChI=1S/C22H21ClFNO/c1-16(18-5-3-2-4-6-18)25-14-19-13-20(23)9-12-22(19)26-15-17-7-10-21(24)11-8-17/h2-13,16,25H,14-15H2,1H3/t16-/m1/s1. The second kappa shape index (κ2) is 8.84. The maximum absolute atomic E-state index is 13.0. The molecule has 0 heterocycles. The molecule has 0 unspecified atom stereocenters. The third-order valence-electron chi connectivity index (χ3n) is 4.23. The third kappa shape index (κ3) is 5.07. The van der Waals surface area contributed by atoms with Gasteiger partial charge in [0, 0.05) is 23.2 Å². The van der Waals surface area contributed by atoms with Gasteiger partial charge in [-0.3, -0.25) is 0 Å². The summed E-state index contributed by atoms with van der Waals surface area (Å²) >= 11 is 6.16. The van der Waals surface area contributed by atoms with Crippen LogP contribution in [0.4, 0.5) is 4.39 Å². The second-order valence-corrected chi connectivity index (χ2v) is 6.62. The van der Waals surface area contributed by atoms with Gasteiger partial charge < -0.3 is 10.1 Å². The van der Waals surface area contributed by atoms with Crippen LogP contribution in [0.5, 0.6) is 5.75 Å². The lowest BCUT2D eigenvalue weighted by atomic mass is 10.1. The second-order valence-electron chi connectivity index (χ2n) is 6.18. The minimum absolute atomic E-state index is 0.208. The third-order valence-corrected chi connectivity index (χ3v) is 4.46. The van der Waals surface area contributed by atoms with Gasteiger partial charge in [-0.15, -0.1) is 0 Å². The molecule has 1 atom stereocenters. The summed E-state index contributed by atoms with van der Waals surface area (Å²) < 4.78 is 18.9. The normalized spacial score (nSPS) is 12.0. The lowest BCUT2D eigenvalue weighted by Crippen LogP contribution is -2.18. The van der Waals surface area contributed by atoms with Gasteiger partial charge in [0.15, 0.2) is 0 Å². The molecule has 3 aromatic rings. The highest BCUT2D eigenvalue weighted by molar-refractivity contribution is 6.30. The maximum Gasteiger partial charge on any atom is 0.124 e. The Labute approximate surface area is 158 Å². The number of hydrogen-bond donors (Lipinski definition) is 1. The Morgan fingerprint density at radius 2 is 1.73 bits per heavy atom. The zero-order valence-corrected chi connectivity index (χ0v) is 15.3. The highest BCUT2D eigenvalue weighted by atomic mass is 35.5. The Kier molecular flexibility index (Phi) is 6.26. The van der Waals surface area contributed by atoms with Crippen LogP contribution in [0.2, 0.25) is 5.02 Å². The van der Waals surface area contributed by atoms with Crippen molar-refractivity contribution in [1.29, 1.82) is 0 Å². The zero-order chi connectivity index (χ0) is 18.4. The van der Waals surface area contributed by atoms with Crippen molar-refractivity contribution >= 4 is 11.6 Å². The topological polar surface area (TPSA) is 21.3 Å². The minimum atomic E-state index is -0.250. The molecule has 0 fully saturated rings. The molecule has 134 valence electrons. The molecule has 0 aliphatic carbocycles. The van der Waals surface area contributed by atoms with E-state index >= 15 is 0 Å². The van der Waals surface area contributed by atoms with Crippen LogP contribution in [0.3, 0.4) is 0 Å². The first kappa shape index (κ1) is 18.4. The van der Waals surface area contributed by atoms with Crippen molar-refractivity contribution in [2.45, 2.75) is 26.1 Å². The molecule has 3 rings (SSSR count). The van der Waals surface area contributed by atoms with Crippen molar-refractivity contribution in [3.8, 4) is 5.75 Å². The molecule has 1 N–H and O–H groups in total. The summed E-state index contributed by atoms with van der Waals surface area (Å²) in [7, 11) is 0. The molecule has 3 aromatic carbocycles. The first-order chi connectivity index (χ1) is 12.6. The molecular weight excluding hydrogens is 349 g/mol. The highest BCUT2D eigenvalue weighted by Crippen LogP contribution is 2.25. The van der Waals surface area contributed by atoms with E-state index in [-0.39, 0.29) is 11.9 Å². The SMILES string of the molecule is C[C@@H](NCc1cc(Cl)ccc1OCc1ccc(F)cc1)c1ccccc1. The van der Waals surface area contributed by atoms with Gasteiger partial charge in [-0.05, 0) is 48.4 Å². The molecular formula is C22H21ClFNO. The molecule has 0 amide bonds. The molecule has 4 heteroatoms. The molecule has 0 bridgehead atoms. The number of benzene rings is 3. The lowest BCUT2D eigenvalue weighted by molar-refractivity contribution is 0.301. The van der Waals surface area contributed by atoms with Crippen LogP contribution in [0.25, 0.3) is 0 Å². The van der Waals surface area contributed by atoms with E-state index in [9.17, 15) is 4.39 Å². The van der Waals surface area contributed by atoms with Gasteiger partial charge in [-0.1, -0.05) is 54.1 Å². The van der Waals surface area contributed by atoms with Crippen LogP contribution in [0, 0.1) is 5.82 Å². The van der Waals surface area contributed by atoms with Crippen molar-refractivity contribution in [1.82, 2.24) is 5.32 Å². The monoisotopic (exact) mass is 369 g/mol. The smallest absolute Gasteiger partial charge is 0.124 e. The van der Waals surface area contributed by atoms with E-state index in [1.807, 2.05) is 36.4 Å². The number of halogens is 2. The Bertz CT molecular complexity index is 837. The minimum Gasteiger partial charge on any atom is -0.489 e. The quantitative estimate of drug-likeness (QED) is 0.559. The van der Waals surface area contributed by atoms with Crippen molar-refractivity contribution in [3.05, 3.63) is 100 Å². The molecule has 0 saturated carbocycles. The molecule has 0 radical (unpaired) electrons. The average Bonchev–Trinajstić information content (AvgIpc) is 2.67. The van der Waals surface area contributed by atoms with Crippen LogP contribution in [-0.2, 0) is 13.2 Å². The van der Waals surface area contributed by atoms with Crippen LogP contribution < -0.4 is 10.1 Å². The predicted molar refractivity (Wildman–Crippen MR) is 104 cm³/mol. The first-order valence-electron chi connectivity index (χ1n) is 8.56. The predicted octanol–water partition coefficient (Wildman–Crippen LogP) is 5.91. The summed E-state index contributed by atoms with van der Waals surface area (Å²) in [4.78, 5) is 0. The van der Waals surface area contributed by atoms with Gasteiger partial charge in [0.2, 0.25) is 0 Å². The van der Waals surface area contributed by atoms with Crippen molar-refractivity contribution in [2.75, 3.05) is 0 Å². The number of hydrogen-bond acceptors (Lipinski definition) is 2. The summed E-state index contributed by atoms with van der Waals surface area (Å²) in [6.07, 6.45) is 0. The van der Waals surface area contributed by atoms with Crippen molar-refractivity contribution in [2.24, 2.45) is 0 Å². The maximum atomic E-state index is 13.0. The summed E-state index contributed by atoms with van der Waals surface area (Å²) in [6.45, 7) is 3.14. The molecule has 0 aromatic heterocycles. The fourth-order valence-corrected chi connectivity index (χ4v) is 2.89. The van der Waals surface area contributed by atoms with E-state index in [0.717, 1.165) is 16.9 Å². The van der Waals surface area contributed by atoms with Crippen LogP contribution in [-0.4, -0.2) is 0 Å². The van der Waals surface area contributed by atoms with Gasteiger partial charge in [-0.25, -0.2) is 4.39 Å². The Hall–Kier alpha value is -2.36. The first-order valence-corrected chi connectivity index (χ1v) is 8.93. The van der Waals surface area contributed by atoms with Gasteiger partial charge in [0.25, 0.3) is 0 Å². The van der Waals surface area contributed by atoms with Crippen molar-refractivity contribution in [3.63, 3.8) is 0 Å². The van der Waals surface area contributed by atoms with Gasteiger partial charge in [0.05, 0.1) is 0 Å². The molecule has 0 spiro atoms. The molecule has 26 heavy (non-hydrogen) atoms. The van der Waals surface area contributed by atoms with Gasteiger partial charge >= 0.3 is 0 Å². The molecule has 0 aliphatic rings. The van der Waals surface area contributed by atoms with E-state index in [1.54, 1.807) is 12.1 Å². The number of ether oxygens (including phenoxy) is 1. The molecule has 0 saturated heterocycles. The van der Waals surface area contributed by atoms with E-state index in [1.165, 1.54) is 17.7 Å². The van der Waals surface area contributed by atoms with E-state index in [2.05, 4.69) is 24.4 Å². The van der Waals surface area contributed by atoms with E-state index < -0.39 is 0 Å². The van der Waals surface area contributed by atoms with Crippen LogP contribution >= 0.6 is 11.6 Å². The largest absolute Gasteiger partial charge is 0.489 e. The Balaban J connectivity index is 1.66. The van der Waals surface area contributed by atoms with E-state index in [0.29, 0.717) is 18.2 Å². The highest BCUT2D eigenvalue weighted by Gasteiger charge is 2.09. The summed E-state index contributed by atoms with van der Waals surface area (Å²) in [5.74, 6) is 0.520. The molecule has 2 nitrogen and oxygen atoms in total. The van der Waals surface area contributed by atoms with Crippen LogP contribution in [0.1, 0.15) is 29.7 Å². The molecule has 0 aliphatic heterocycles. The fraction of sp³-hybridized carbons (Fsp3) is 0.182. The van der Waals surface area contributed by atoms with E-state index in [4.69, 9.17) is 16.3 Å². The summed E-state index contributed by atoms with van der Waals surface area (Å²) in [5, 5.41) is 4.17. The number of rotatable bonds is 7. The lowest BCUT2D eigenvalue weighted by Gasteiger charge is -2.17. The Morgan fingerprint density at radius 3 is 2.46 bits per heavy atom. The summed E-state index contributed by atoms with van der Waals surface area (Å²) in [6, 6.07) is 22.4. The number of nitrogens with one attached hydrogen (secondary N) is 1. The average molecular weight is 370 g/mol. The van der Waals surface area contributed by atoms with Gasteiger partial charge in [0.1, 0.15) is 18.2 Å². The van der Waals surface area contributed by atoms with Crippen molar-refractivity contribution < 1.29 is 9.13 Å². The van der Waals surface area contributed by atoms with Crippen LogP contribution in [0.15, 0.2) is 72.8 Å². The zero-order valence-electron chi connectivity index (χ0n) is 14.6. The van der Waals surface area contributed by atoms with Gasteiger partial charge in [-0.2, -0.15) is 0 Å². The summed E-state index contributed by atoms with van der Waals surface area (Å²) in [5.41, 5.74) is 3.13.